The Bertz CT molecular complexity index is 872. The average Bonchev–Trinajstić information content (AvgIpc) is 3.38. The monoisotopic (exact) mass is 355 g/mol. The maximum absolute atomic E-state index is 12.1. The number of pyridine rings is 2. The number of aryl methyl sites for hydroxylation is 1. The van der Waals surface area contributed by atoms with Crippen LogP contribution in [-0.4, -0.2) is 25.7 Å². The highest BCUT2D eigenvalue weighted by Crippen LogP contribution is 2.40. The zero-order valence-electron chi connectivity index (χ0n) is 13.7. The van der Waals surface area contributed by atoms with E-state index in [1.54, 1.807) is 24.5 Å². The van der Waals surface area contributed by atoms with Crippen LogP contribution in [0.5, 0.6) is 0 Å². The predicted molar refractivity (Wildman–Crippen MR) is 97.5 cm³/mol. The summed E-state index contributed by atoms with van der Waals surface area (Å²) in [6.45, 7) is 1.99. The van der Waals surface area contributed by atoms with E-state index in [0.717, 1.165) is 11.5 Å². The molecule has 0 atom stereocenters. The van der Waals surface area contributed by atoms with Gasteiger partial charge in [0.2, 0.25) is 0 Å². The van der Waals surface area contributed by atoms with E-state index < -0.39 is 0 Å². The number of hydrogen-bond acceptors (Lipinski definition) is 4. The van der Waals surface area contributed by atoms with Crippen LogP contribution in [-0.2, 0) is 0 Å². The summed E-state index contributed by atoms with van der Waals surface area (Å²) in [5, 5.41) is 7.36. The molecule has 1 N–H and O–H groups in total. The third kappa shape index (κ3) is 3.69. The summed E-state index contributed by atoms with van der Waals surface area (Å²) < 4.78 is 1.90. The summed E-state index contributed by atoms with van der Waals surface area (Å²) in [4.78, 5) is 20.5. The third-order valence-corrected chi connectivity index (χ3v) is 4.00. The lowest BCUT2D eigenvalue weighted by Gasteiger charge is -2.08. The second-order valence-electron chi connectivity index (χ2n) is 6.00. The summed E-state index contributed by atoms with van der Waals surface area (Å²) in [6, 6.07) is 9.28. The second-order valence-corrected chi connectivity index (χ2v) is 6.00. The SMILES string of the molecule is Cc1cc(C2CC2)n(-c2ccc(NC(=O)c3cccnc3)cn2)n1.Cl. The molecule has 3 aromatic rings. The Kier molecular flexibility index (Phi) is 4.81. The molecule has 1 aliphatic carbocycles. The topological polar surface area (TPSA) is 72.7 Å². The van der Waals surface area contributed by atoms with Gasteiger partial charge in [-0.25, -0.2) is 9.67 Å². The zero-order valence-corrected chi connectivity index (χ0v) is 14.5. The lowest BCUT2D eigenvalue weighted by Crippen LogP contribution is -2.12. The van der Waals surface area contributed by atoms with Crippen molar-refractivity contribution in [3.63, 3.8) is 0 Å². The maximum atomic E-state index is 12.1. The first kappa shape index (κ1) is 17.1. The van der Waals surface area contributed by atoms with E-state index in [1.807, 2.05) is 23.7 Å². The molecule has 3 aromatic heterocycles. The van der Waals surface area contributed by atoms with Crippen molar-refractivity contribution in [3.8, 4) is 5.82 Å². The van der Waals surface area contributed by atoms with E-state index in [4.69, 9.17) is 0 Å². The summed E-state index contributed by atoms with van der Waals surface area (Å²) in [5.74, 6) is 1.16. The van der Waals surface area contributed by atoms with E-state index in [2.05, 4.69) is 26.4 Å². The van der Waals surface area contributed by atoms with Gasteiger partial charge in [0, 0.05) is 24.0 Å². The number of nitrogens with one attached hydrogen (secondary N) is 1. The Balaban J connectivity index is 0.00000182. The van der Waals surface area contributed by atoms with Crippen molar-refractivity contribution in [1.82, 2.24) is 19.7 Å². The normalized spacial score (nSPS) is 13.2. The van der Waals surface area contributed by atoms with Crippen LogP contribution < -0.4 is 5.32 Å². The van der Waals surface area contributed by atoms with Crippen LogP contribution in [0.15, 0.2) is 48.9 Å². The number of aromatic nitrogens is 4. The number of rotatable bonds is 4. The maximum Gasteiger partial charge on any atom is 0.257 e. The summed E-state index contributed by atoms with van der Waals surface area (Å²) in [6.07, 6.45) is 7.24. The Morgan fingerprint density at radius 1 is 1.24 bits per heavy atom. The van der Waals surface area contributed by atoms with Gasteiger partial charge in [0.15, 0.2) is 5.82 Å². The van der Waals surface area contributed by atoms with Crippen LogP contribution in [0.4, 0.5) is 5.69 Å². The van der Waals surface area contributed by atoms with Crippen LogP contribution in [0, 0.1) is 6.92 Å². The highest BCUT2D eigenvalue weighted by atomic mass is 35.5. The van der Waals surface area contributed by atoms with Crippen molar-refractivity contribution in [2.45, 2.75) is 25.7 Å². The van der Waals surface area contributed by atoms with Crippen LogP contribution in [0.25, 0.3) is 5.82 Å². The van der Waals surface area contributed by atoms with Gasteiger partial charge in [0.25, 0.3) is 5.91 Å². The quantitative estimate of drug-likeness (QED) is 0.777. The average molecular weight is 356 g/mol. The van der Waals surface area contributed by atoms with Gasteiger partial charge in [0.1, 0.15) is 0 Å². The van der Waals surface area contributed by atoms with Gasteiger partial charge in [0.05, 0.1) is 23.1 Å². The molecule has 0 aliphatic heterocycles. The van der Waals surface area contributed by atoms with E-state index >= 15 is 0 Å². The van der Waals surface area contributed by atoms with Crippen molar-refractivity contribution in [1.29, 1.82) is 0 Å². The molecule has 1 fully saturated rings. The number of amides is 1. The molecule has 6 nitrogen and oxygen atoms in total. The van der Waals surface area contributed by atoms with Gasteiger partial charge in [-0.15, -0.1) is 12.4 Å². The fraction of sp³-hybridized carbons (Fsp3) is 0.222. The molecule has 1 aliphatic rings. The number of anilines is 1. The first-order valence-electron chi connectivity index (χ1n) is 7.95. The van der Waals surface area contributed by atoms with E-state index in [0.29, 0.717) is 17.2 Å². The zero-order chi connectivity index (χ0) is 16.5. The van der Waals surface area contributed by atoms with E-state index in [-0.39, 0.29) is 18.3 Å². The molecule has 1 amide bonds. The Morgan fingerprint density at radius 3 is 2.72 bits per heavy atom. The fourth-order valence-corrected chi connectivity index (χ4v) is 2.66. The minimum Gasteiger partial charge on any atom is -0.321 e. The molecule has 0 radical (unpaired) electrons. The predicted octanol–water partition coefficient (Wildman–Crippen LogP) is 3.52. The second kappa shape index (κ2) is 7.03. The first-order chi connectivity index (χ1) is 11.7. The standard InChI is InChI=1S/C18H17N5O.ClH/c1-12-9-16(13-4-5-13)23(22-12)17-7-6-15(11-20-17)21-18(24)14-3-2-8-19-10-14;/h2-3,6-11,13H,4-5H2,1H3,(H,21,24);1H. The van der Waals surface area contributed by atoms with E-state index in [9.17, 15) is 4.79 Å². The number of carbonyl (C=O) groups is 1. The molecule has 128 valence electrons. The van der Waals surface area contributed by atoms with Crippen molar-refractivity contribution in [2.24, 2.45) is 0 Å². The lowest BCUT2D eigenvalue weighted by molar-refractivity contribution is 0.102. The summed E-state index contributed by atoms with van der Waals surface area (Å²) in [7, 11) is 0. The van der Waals surface area contributed by atoms with Crippen molar-refractivity contribution < 1.29 is 4.79 Å². The van der Waals surface area contributed by atoms with Crippen molar-refractivity contribution in [2.75, 3.05) is 5.32 Å². The number of nitrogens with zero attached hydrogens (tertiary/aromatic N) is 4. The molecule has 0 aromatic carbocycles. The van der Waals surface area contributed by atoms with Gasteiger partial charge in [-0.2, -0.15) is 5.10 Å². The van der Waals surface area contributed by atoms with Crippen molar-refractivity contribution in [3.05, 3.63) is 65.9 Å². The van der Waals surface area contributed by atoms with Crippen LogP contribution >= 0.6 is 12.4 Å². The van der Waals surface area contributed by atoms with Crippen LogP contribution in [0.1, 0.15) is 40.5 Å². The van der Waals surface area contributed by atoms with Gasteiger partial charge in [-0.3, -0.25) is 9.78 Å². The Hall–Kier alpha value is -2.73. The molecule has 0 bridgehead atoms. The third-order valence-electron chi connectivity index (χ3n) is 4.00. The van der Waals surface area contributed by atoms with Crippen LogP contribution in [0.3, 0.4) is 0 Å². The summed E-state index contributed by atoms with van der Waals surface area (Å²) in [5.41, 5.74) is 3.37. The first-order valence-corrected chi connectivity index (χ1v) is 7.95. The van der Waals surface area contributed by atoms with E-state index in [1.165, 1.54) is 24.7 Å². The fourth-order valence-electron chi connectivity index (χ4n) is 2.66. The molecular weight excluding hydrogens is 338 g/mol. The number of hydrogen-bond donors (Lipinski definition) is 1. The highest BCUT2D eigenvalue weighted by molar-refractivity contribution is 6.03. The van der Waals surface area contributed by atoms with Gasteiger partial charge >= 0.3 is 0 Å². The Labute approximate surface area is 151 Å². The summed E-state index contributed by atoms with van der Waals surface area (Å²) >= 11 is 0. The molecule has 0 saturated heterocycles. The molecular formula is C18H18ClN5O. The molecule has 0 spiro atoms. The highest BCUT2D eigenvalue weighted by Gasteiger charge is 2.28. The lowest BCUT2D eigenvalue weighted by atomic mass is 10.2. The number of halogens is 1. The number of carbonyl (C=O) groups excluding carboxylic acids is 1. The molecule has 25 heavy (non-hydrogen) atoms. The van der Waals surface area contributed by atoms with Gasteiger partial charge in [-0.1, -0.05) is 0 Å². The van der Waals surface area contributed by atoms with Gasteiger partial charge in [-0.05, 0) is 50.1 Å². The molecule has 7 heteroatoms. The van der Waals surface area contributed by atoms with Crippen LogP contribution in [0.2, 0.25) is 0 Å². The minimum absolute atomic E-state index is 0. The molecule has 0 unspecified atom stereocenters. The smallest absolute Gasteiger partial charge is 0.257 e. The molecule has 3 heterocycles. The molecule has 4 rings (SSSR count). The molecule has 1 saturated carbocycles. The largest absolute Gasteiger partial charge is 0.321 e. The Morgan fingerprint density at radius 2 is 2.08 bits per heavy atom. The van der Waals surface area contributed by atoms with Crippen molar-refractivity contribution >= 4 is 24.0 Å². The van der Waals surface area contributed by atoms with Gasteiger partial charge < -0.3 is 5.32 Å². The minimum atomic E-state index is -0.203.